The summed E-state index contributed by atoms with van der Waals surface area (Å²) >= 11 is 0. The minimum Gasteiger partial charge on any atom is -0.450 e. The van der Waals surface area contributed by atoms with Gasteiger partial charge < -0.3 is 30.6 Å². The Morgan fingerprint density at radius 2 is 1.04 bits per heavy atom. The van der Waals surface area contributed by atoms with Gasteiger partial charge in [-0.2, -0.15) is 0 Å². The van der Waals surface area contributed by atoms with Crippen LogP contribution < -0.4 is 11.5 Å². The van der Waals surface area contributed by atoms with Crippen molar-refractivity contribution in [1.29, 1.82) is 0 Å². The highest BCUT2D eigenvalue weighted by Gasteiger charge is 2.65. The quantitative estimate of drug-likeness (QED) is 0.0797. The molecule has 0 spiro atoms. The van der Waals surface area contributed by atoms with Gasteiger partial charge in [0.1, 0.15) is 24.4 Å². The number of benzene rings is 2. The summed E-state index contributed by atoms with van der Waals surface area (Å²) in [4.78, 5) is 39.2. The van der Waals surface area contributed by atoms with E-state index < -0.39 is 34.0 Å². The average Bonchev–Trinajstić information content (AvgIpc) is 3.58. The van der Waals surface area contributed by atoms with Crippen molar-refractivity contribution in [1.82, 2.24) is 0 Å². The van der Waals surface area contributed by atoms with E-state index in [1.807, 2.05) is 12.4 Å². The van der Waals surface area contributed by atoms with Gasteiger partial charge in [0.2, 0.25) is 0 Å². The zero-order valence-corrected chi connectivity index (χ0v) is 31.5. The lowest BCUT2D eigenvalue weighted by molar-refractivity contribution is -0.206. The van der Waals surface area contributed by atoms with E-state index in [1.54, 1.807) is 0 Å². The molecule has 10 nitrogen and oxygen atoms in total. The Morgan fingerprint density at radius 1 is 0.654 bits per heavy atom. The molecule has 2 aromatic carbocycles. The van der Waals surface area contributed by atoms with E-state index in [-0.39, 0.29) is 23.7 Å². The number of aryl methyl sites for hydroxylation is 2. The molecule has 2 aromatic rings. The topological polar surface area (TPSA) is 148 Å². The van der Waals surface area contributed by atoms with Crippen molar-refractivity contribution >= 4 is 24.4 Å². The highest BCUT2D eigenvalue weighted by atomic mass is 16.6. The monoisotopic (exact) mass is 714 g/mol. The zero-order chi connectivity index (χ0) is 37.0. The number of hydrogen-bond donors (Lipinski definition) is 2. The summed E-state index contributed by atoms with van der Waals surface area (Å²) < 4.78 is 13.1. The predicted molar refractivity (Wildman–Crippen MR) is 202 cm³/mol. The van der Waals surface area contributed by atoms with Gasteiger partial charge in [0.05, 0.1) is 0 Å². The molecule has 52 heavy (non-hydrogen) atoms. The molecule has 10 heteroatoms. The van der Waals surface area contributed by atoms with Crippen LogP contribution in [0.25, 0.3) is 0 Å². The number of nitrogens with two attached hydrogens (primary N) is 2. The highest BCUT2D eigenvalue weighted by Crippen LogP contribution is 2.64. The third kappa shape index (κ3) is 7.25. The van der Waals surface area contributed by atoms with E-state index in [9.17, 15) is 9.59 Å². The number of esters is 2. The van der Waals surface area contributed by atoms with E-state index in [2.05, 4.69) is 86.5 Å². The maximum Gasteiger partial charge on any atom is 0.418 e. The summed E-state index contributed by atoms with van der Waals surface area (Å²) in [5.74, 6) is -1.42. The molecule has 0 aromatic heterocycles. The van der Waals surface area contributed by atoms with E-state index in [4.69, 9.17) is 30.6 Å². The summed E-state index contributed by atoms with van der Waals surface area (Å²) in [6, 6.07) is 17.2. The van der Waals surface area contributed by atoms with Gasteiger partial charge in [-0.05, 0) is 101 Å². The van der Waals surface area contributed by atoms with Crippen LogP contribution in [0.1, 0.15) is 112 Å². The number of hydrogen-bond acceptors (Lipinski definition) is 10. The molecule has 8 atom stereocenters. The lowest BCUT2D eigenvalue weighted by Gasteiger charge is -2.52. The maximum atomic E-state index is 14.2. The number of nitrogens with zero attached hydrogens (tertiary/aromatic N) is 2. The maximum absolute atomic E-state index is 14.2. The largest absolute Gasteiger partial charge is 0.450 e. The lowest BCUT2D eigenvalue weighted by atomic mass is 9.59. The first kappa shape index (κ1) is 38.0. The molecule has 0 amide bonds. The van der Waals surface area contributed by atoms with Crippen molar-refractivity contribution < 1.29 is 28.7 Å². The van der Waals surface area contributed by atoms with Crippen LogP contribution in [0.2, 0.25) is 0 Å². The van der Waals surface area contributed by atoms with Gasteiger partial charge in [0.25, 0.3) is 0 Å². The van der Waals surface area contributed by atoms with Gasteiger partial charge >= 0.3 is 11.9 Å². The summed E-state index contributed by atoms with van der Waals surface area (Å²) in [7, 11) is 0. The number of oxime groups is 2. The molecule has 6 rings (SSSR count). The average molecular weight is 715 g/mol. The van der Waals surface area contributed by atoms with Crippen LogP contribution in [0.4, 0.5) is 0 Å². The van der Waals surface area contributed by atoms with E-state index in [0.29, 0.717) is 52.0 Å². The van der Waals surface area contributed by atoms with Crippen molar-refractivity contribution in [2.75, 3.05) is 26.3 Å². The predicted octanol–water partition coefficient (Wildman–Crippen LogP) is 6.86. The van der Waals surface area contributed by atoms with Gasteiger partial charge in [-0.3, -0.25) is 0 Å². The van der Waals surface area contributed by atoms with Gasteiger partial charge in [0.15, 0.2) is 0 Å². The smallest absolute Gasteiger partial charge is 0.418 e. The molecule has 4 fully saturated rings. The lowest BCUT2D eigenvalue weighted by Crippen LogP contribution is -2.55. The van der Waals surface area contributed by atoms with Crippen LogP contribution in [0, 0.1) is 36.5 Å². The molecule has 4 aliphatic carbocycles. The summed E-state index contributed by atoms with van der Waals surface area (Å²) in [5, 5.41) is 8.49. The molecule has 0 radical (unpaired) electrons. The standard InChI is InChI=1S/C42H58N4O6/c1-29-5-9-31(10-6-29)33-13-17-39(3)35(27-45-49-23-21-43)15-19-41(39,25-33)51-37(47)38(48)52-42-20-16-36(28-46-50-24-22-44)40(42,4)18-14-34(26-42)32-11-7-30(2)8-12-32/h5-12,27-28,33-36H,13-26,43-44H2,1-4H3/t33-,34-,35+,36+,39+,40+,41-,42-/m0/s1. The number of fused-ring (bicyclic) bond motifs is 2. The van der Waals surface area contributed by atoms with Crippen LogP contribution in [0.15, 0.2) is 58.8 Å². The number of rotatable bonds is 12. The highest BCUT2D eigenvalue weighted by molar-refractivity contribution is 6.30. The zero-order valence-electron chi connectivity index (χ0n) is 31.5. The Kier molecular flexibility index (Phi) is 11.5. The van der Waals surface area contributed by atoms with Crippen LogP contribution >= 0.6 is 0 Å². The molecule has 0 unspecified atom stereocenters. The van der Waals surface area contributed by atoms with Crippen LogP contribution in [0.3, 0.4) is 0 Å². The van der Waals surface area contributed by atoms with Crippen molar-refractivity contribution in [3.63, 3.8) is 0 Å². The SMILES string of the molecule is Cc1ccc([C@H]2CC[C@]3(C)[C@@H](C=NOCCN)CC[C@]3(OC(=O)C(=O)O[C@]34CC[C@H](C=NOCCN)[C@@]3(C)CC[C@H](c3ccc(C)cc3)C4)C2)cc1. The fourth-order valence-electron chi connectivity index (χ4n) is 10.1. The minimum atomic E-state index is -0.912. The van der Waals surface area contributed by atoms with Crippen LogP contribution in [-0.2, 0) is 28.7 Å². The van der Waals surface area contributed by atoms with Crippen LogP contribution in [0.5, 0.6) is 0 Å². The van der Waals surface area contributed by atoms with E-state index in [0.717, 1.165) is 38.5 Å². The fraction of sp³-hybridized carbons (Fsp3) is 0.619. The first-order chi connectivity index (χ1) is 25.0. The molecular formula is C42H58N4O6. The van der Waals surface area contributed by atoms with Crippen molar-refractivity contribution in [3.8, 4) is 0 Å². The van der Waals surface area contributed by atoms with Crippen LogP contribution in [-0.4, -0.2) is 61.9 Å². The molecule has 0 aliphatic heterocycles. The van der Waals surface area contributed by atoms with E-state index in [1.165, 1.54) is 22.3 Å². The number of carbonyl (C=O) groups excluding carboxylic acids is 2. The van der Waals surface area contributed by atoms with E-state index >= 15 is 0 Å². The Morgan fingerprint density at radius 3 is 1.40 bits per heavy atom. The first-order valence-electron chi connectivity index (χ1n) is 19.3. The second-order valence-corrected chi connectivity index (χ2v) is 16.3. The molecule has 4 N–H and O–H groups in total. The molecule has 4 aliphatic rings. The molecule has 0 saturated heterocycles. The third-order valence-corrected chi connectivity index (χ3v) is 13.5. The van der Waals surface area contributed by atoms with Crippen molar-refractivity contribution in [3.05, 3.63) is 70.8 Å². The second kappa shape index (κ2) is 15.7. The molecule has 4 saturated carbocycles. The minimum absolute atomic E-state index is 0.0138. The first-order valence-corrected chi connectivity index (χ1v) is 19.3. The Bertz CT molecular complexity index is 1490. The van der Waals surface area contributed by atoms with Gasteiger partial charge in [-0.1, -0.05) is 83.8 Å². The molecule has 0 bridgehead atoms. The molecule has 282 valence electrons. The van der Waals surface area contributed by atoms with Gasteiger partial charge in [-0.25, -0.2) is 9.59 Å². The van der Waals surface area contributed by atoms with Crippen molar-refractivity contribution in [2.24, 2.45) is 44.4 Å². The number of carbonyl (C=O) groups is 2. The Labute approximate surface area is 309 Å². The molecular weight excluding hydrogens is 656 g/mol. The van der Waals surface area contributed by atoms with Crippen molar-refractivity contribution in [2.45, 2.75) is 115 Å². The second-order valence-electron chi connectivity index (χ2n) is 16.3. The summed E-state index contributed by atoms with van der Waals surface area (Å²) in [5.41, 5.74) is 13.5. The van der Waals surface area contributed by atoms with Gasteiger partial charge in [0, 0.05) is 48.2 Å². The summed E-state index contributed by atoms with van der Waals surface area (Å²) in [6.07, 6.45) is 11.2. The Balaban J connectivity index is 1.27. The summed E-state index contributed by atoms with van der Waals surface area (Å²) in [6.45, 7) is 9.95. The normalized spacial score (nSPS) is 34.2. The fourth-order valence-corrected chi connectivity index (χ4v) is 10.1. The Hall–Kier alpha value is -3.76. The molecule has 0 heterocycles. The third-order valence-electron chi connectivity index (χ3n) is 13.5. The van der Waals surface area contributed by atoms with Gasteiger partial charge in [-0.15, -0.1) is 0 Å². The number of ether oxygens (including phenoxy) is 2.